The number of carbonyl (C=O) groups excluding carboxylic acids is 2. The van der Waals surface area contributed by atoms with E-state index in [1.54, 1.807) is 36.4 Å². The van der Waals surface area contributed by atoms with E-state index in [4.69, 9.17) is 26.2 Å². The first-order valence-electron chi connectivity index (χ1n) is 14.3. The quantitative estimate of drug-likeness (QED) is 0.240. The molecular formula is C30H30ClF3N6O4S. The van der Waals surface area contributed by atoms with Crippen molar-refractivity contribution in [3.8, 4) is 10.4 Å². The molecule has 6 rings (SSSR count). The Kier molecular flexibility index (Phi) is 8.66. The number of aromatic nitrogens is 2. The van der Waals surface area contributed by atoms with Gasteiger partial charge in [0.15, 0.2) is 0 Å². The van der Waals surface area contributed by atoms with Crippen LogP contribution in [0.1, 0.15) is 16.1 Å². The van der Waals surface area contributed by atoms with Crippen LogP contribution in [0.5, 0.6) is 0 Å². The first kappa shape index (κ1) is 31.1. The topological polar surface area (TPSA) is 83.4 Å². The molecule has 2 aromatic carbocycles. The molecule has 4 heterocycles. The Labute approximate surface area is 266 Å². The van der Waals surface area contributed by atoms with Gasteiger partial charge in [-0.05, 0) is 48.4 Å². The molecule has 0 aliphatic carbocycles. The minimum atomic E-state index is -5.22. The number of carbonyl (C=O) groups is 2. The van der Waals surface area contributed by atoms with Gasteiger partial charge in [-0.25, -0.2) is 9.78 Å². The van der Waals surface area contributed by atoms with Gasteiger partial charge in [-0.15, -0.1) is 11.3 Å². The number of morpholine rings is 1. The predicted molar refractivity (Wildman–Crippen MR) is 167 cm³/mol. The number of benzene rings is 2. The third-order valence-electron chi connectivity index (χ3n) is 7.63. The van der Waals surface area contributed by atoms with E-state index in [1.807, 2.05) is 25.1 Å². The van der Waals surface area contributed by atoms with Crippen molar-refractivity contribution in [1.29, 1.82) is 0 Å². The SMILES string of the molecule is CN(C)c1nc2cc(N3CN(OC(=O)C(F)(F)F)c4cc(-c5ccc(Cl)cc5)sc4C3=O)ccc2n1CCCN1CCOCC1. The zero-order valence-electron chi connectivity index (χ0n) is 24.5. The second kappa shape index (κ2) is 12.5. The maximum absolute atomic E-state index is 13.8. The fourth-order valence-electron chi connectivity index (χ4n) is 5.41. The molecule has 0 N–H and O–H groups in total. The largest absolute Gasteiger partial charge is 0.493 e. The van der Waals surface area contributed by atoms with E-state index in [2.05, 4.69) is 9.47 Å². The van der Waals surface area contributed by atoms with Gasteiger partial charge in [0.05, 0.1) is 24.2 Å². The number of aryl methyl sites for hydroxylation is 1. The Morgan fingerprint density at radius 1 is 1.09 bits per heavy atom. The van der Waals surface area contributed by atoms with E-state index < -0.39 is 24.7 Å². The molecule has 0 unspecified atom stereocenters. The lowest BCUT2D eigenvalue weighted by atomic mass is 10.1. The Morgan fingerprint density at radius 2 is 1.82 bits per heavy atom. The summed E-state index contributed by atoms with van der Waals surface area (Å²) >= 11 is 7.10. The molecule has 2 aliphatic heterocycles. The Bertz CT molecular complexity index is 1720. The molecule has 1 saturated heterocycles. The molecule has 10 nitrogen and oxygen atoms in total. The second-order valence-corrected chi connectivity index (χ2v) is 12.4. The molecule has 1 fully saturated rings. The number of hydroxylamine groups is 1. The lowest BCUT2D eigenvalue weighted by molar-refractivity contribution is -0.201. The summed E-state index contributed by atoms with van der Waals surface area (Å²) in [6, 6.07) is 13.6. The van der Waals surface area contributed by atoms with Gasteiger partial charge in [-0.3, -0.25) is 14.6 Å². The fraction of sp³-hybridized carbons (Fsp3) is 0.367. The average Bonchev–Trinajstić information content (AvgIpc) is 3.62. The zero-order chi connectivity index (χ0) is 31.9. The van der Waals surface area contributed by atoms with Crippen molar-refractivity contribution in [1.82, 2.24) is 14.5 Å². The van der Waals surface area contributed by atoms with Crippen LogP contribution in [0, 0.1) is 0 Å². The highest BCUT2D eigenvalue weighted by atomic mass is 35.5. The summed E-state index contributed by atoms with van der Waals surface area (Å²) in [4.78, 5) is 41.7. The summed E-state index contributed by atoms with van der Waals surface area (Å²) in [6.07, 6.45) is -4.33. The van der Waals surface area contributed by atoms with E-state index in [1.165, 1.54) is 11.0 Å². The van der Waals surface area contributed by atoms with Crippen molar-refractivity contribution in [3.05, 3.63) is 58.4 Å². The number of halogens is 4. The monoisotopic (exact) mass is 662 g/mol. The number of nitrogens with zero attached hydrogens (tertiary/aromatic N) is 6. The van der Waals surface area contributed by atoms with Crippen LogP contribution in [0.2, 0.25) is 5.02 Å². The minimum Gasteiger partial charge on any atom is -0.379 e. The highest BCUT2D eigenvalue weighted by Crippen LogP contribution is 2.42. The number of hydrogen-bond donors (Lipinski definition) is 0. The maximum atomic E-state index is 13.8. The normalized spacial score (nSPS) is 15.9. The minimum absolute atomic E-state index is 0.0734. The molecule has 2 aliphatic rings. The molecule has 1 amide bonds. The molecule has 238 valence electrons. The summed E-state index contributed by atoms with van der Waals surface area (Å²) in [7, 11) is 3.80. The van der Waals surface area contributed by atoms with Crippen molar-refractivity contribution in [3.63, 3.8) is 0 Å². The van der Waals surface area contributed by atoms with Gasteiger partial charge in [-0.2, -0.15) is 18.2 Å². The molecule has 2 aromatic heterocycles. The van der Waals surface area contributed by atoms with Gasteiger partial charge in [0, 0.05) is 55.9 Å². The number of thiophene rings is 1. The fourth-order valence-corrected chi connectivity index (χ4v) is 6.64. The van der Waals surface area contributed by atoms with Crippen molar-refractivity contribution in [2.75, 3.05) is 68.5 Å². The van der Waals surface area contributed by atoms with Crippen molar-refractivity contribution >= 4 is 63.2 Å². The number of imidazole rings is 1. The third-order valence-corrected chi connectivity index (χ3v) is 9.04. The molecule has 0 saturated carbocycles. The smallest absolute Gasteiger partial charge is 0.379 e. The van der Waals surface area contributed by atoms with Crippen LogP contribution in [-0.2, 0) is 20.9 Å². The van der Waals surface area contributed by atoms with E-state index >= 15 is 0 Å². The van der Waals surface area contributed by atoms with Crippen LogP contribution >= 0.6 is 22.9 Å². The van der Waals surface area contributed by atoms with E-state index in [-0.39, 0.29) is 10.6 Å². The molecule has 4 aromatic rings. The van der Waals surface area contributed by atoms with E-state index in [9.17, 15) is 22.8 Å². The Morgan fingerprint density at radius 3 is 2.51 bits per heavy atom. The summed E-state index contributed by atoms with van der Waals surface area (Å²) in [6.45, 7) is 4.47. The molecule has 0 bridgehead atoms. The number of alkyl halides is 3. The summed E-state index contributed by atoms with van der Waals surface area (Å²) < 4.78 is 47.3. The first-order valence-corrected chi connectivity index (χ1v) is 15.4. The van der Waals surface area contributed by atoms with Crippen LogP contribution in [0.15, 0.2) is 48.5 Å². The number of hydrogen-bond acceptors (Lipinski definition) is 9. The van der Waals surface area contributed by atoms with Gasteiger partial charge in [-0.1, -0.05) is 23.7 Å². The highest BCUT2D eigenvalue weighted by Gasteiger charge is 2.45. The van der Waals surface area contributed by atoms with Crippen molar-refractivity contribution in [2.45, 2.75) is 19.1 Å². The third kappa shape index (κ3) is 6.45. The number of amides is 1. The molecule has 0 atom stereocenters. The molecule has 45 heavy (non-hydrogen) atoms. The first-order chi connectivity index (χ1) is 21.5. The van der Waals surface area contributed by atoms with Gasteiger partial charge in [0.25, 0.3) is 5.91 Å². The van der Waals surface area contributed by atoms with Gasteiger partial charge >= 0.3 is 12.1 Å². The number of ether oxygens (including phenoxy) is 1. The lowest BCUT2D eigenvalue weighted by Gasteiger charge is -2.34. The second-order valence-electron chi connectivity index (χ2n) is 10.9. The molecule has 15 heteroatoms. The Balaban J connectivity index is 1.32. The van der Waals surface area contributed by atoms with Gasteiger partial charge < -0.3 is 19.0 Å². The summed E-state index contributed by atoms with van der Waals surface area (Å²) in [5, 5.41) is 1.32. The summed E-state index contributed by atoms with van der Waals surface area (Å²) in [5.41, 5.74) is 2.65. The number of fused-ring (bicyclic) bond motifs is 2. The van der Waals surface area contributed by atoms with Crippen LogP contribution in [0.4, 0.5) is 30.5 Å². The maximum Gasteiger partial charge on any atom is 0.493 e. The number of anilines is 3. The summed E-state index contributed by atoms with van der Waals surface area (Å²) in [5.74, 6) is -2.08. The molecular weight excluding hydrogens is 633 g/mol. The van der Waals surface area contributed by atoms with Crippen molar-refractivity contribution < 1.29 is 32.3 Å². The van der Waals surface area contributed by atoms with Crippen LogP contribution in [0.3, 0.4) is 0 Å². The van der Waals surface area contributed by atoms with E-state index in [0.29, 0.717) is 26.7 Å². The molecule has 0 spiro atoms. The van der Waals surface area contributed by atoms with Crippen LogP contribution < -0.4 is 14.9 Å². The zero-order valence-corrected chi connectivity index (χ0v) is 26.1. The van der Waals surface area contributed by atoms with Gasteiger partial charge in [0.1, 0.15) is 17.2 Å². The number of rotatable bonds is 8. The highest BCUT2D eigenvalue weighted by molar-refractivity contribution is 7.18. The van der Waals surface area contributed by atoms with Crippen molar-refractivity contribution in [2.24, 2.45) is 0 Å². The van der Waals surface area contributed by atoms with Crippen LogP contribution in [-0.4, -0.2) is 86.1 Å². The van der Waals surface area contributed by atoms with Crippen LogP contribution in [0.25, 0.3) is 21.5 Å². The predicted octanol–water partition coefficient (Wildman–Crippen LogP) is 5.65. The average molecular weight is 663 g/mol. The molecule has 0 radical (unpaired) electrons. The van der Waals surface area contributed by atoms with Gasteiger partial charge in [0.2, 0.25) is 5.95 Å². The lowest BCUT2D eigenvalue weighted by Crippen LogP contribution is -2.48. The van der Waals surface area contributed by atoms with E-state index in [0.717, 1.165) is 73.7 Å². The standard InChI is InChI=1S/C30H30ClF3N6O4S/c1-36(2)29-35-22-16-21(8-9-23(22)38(29)11-3-10-37-12-14-43-15-13-37)39-18-40(44-28(42)30(32,33)34)24-17-25(45-26(24)27(39)41)19-4-6-20(31)7-5-19/h4-9,16-17H,3,10-15,18H2,1-2H3. The Hall–Kier alpha value is -3.85.